The Kier molecular flexibility index (Phi) is 7.41. The van der Waals surface area contributed by atoms with E-state index in [0.29, 0.717) is 12.1 Å². The summed E-state index contributed by atoms with van der Waals surface area (Å²) in [6, 6.07) is 11.9. The third-order valence-corrected chi connectivity index (χ3v) is 6.73. The molecular weight excluding hydrogens is 456 g/mol. The van der Waals surface area contributed by atoms with E-state index in [1.807, 2.05) is 64.1 Å². The number of fused-ring (bicyclic) bond motifs is 1. The van der Waals surface area contributed by atoms with Crippen LogP contribution in [0.25, 0.3) is 10.9 Å². The fourth-order valence-corrected chi connectivity index (χ4v) is 5.09. The van der Waals surface area contributed by atoms with Gasteiger partial charge in [-0.2, -0.15) is 0 Å². The first-order valence-corrected chi connectivity index (χ1v) is 12.5. The second-order valence-corrected chi connectivity index (χ2v) is 10.4. The van der Waals surface area contributed by atoms with Crippen LogP contribution < -0.4 is 4.74 Å². The minimum absolute atomic E-state index is 0.222. The number of aryl methyl sites for hydroxylation is 1. The highest BCUT2D eigenvalue weighted by Gasteiger charge is 2.28. The third-order valence-electron chi connectivity index (χ3n) is 6.73. The van der Waals surface area contributed by atoms with Crippen molar-refractivity contribution in [3.63, 3.8) is 0 Å². The van der Waals surface area contributed by atoms with Crippen molar-refractivity contribution in [2.24, 2.45) is 0 Å². The van der Waals surface area contributed by atoms with Crippen LogP contribution in [-0.2, 0) is 16.0 Å². The van der Waals surface area contributed by atoms with Gasteiger partial charge < -0.3 is 14.2 Å². The summed E-state index contributed by atoms with van der Waals surface area (Å²) in [5.41, 5.74) is 4.00. The van der Waals surface area contributed by atoms with Crippen molar-refractivity contribution in [3.8, 4) is 5.75 Å². The number of aromatic nitrogens is 1. The van der Waals surface area contributed by atoms with Crippen LogP contribution in [0.3, 0.4) is 0 Å². The number of piperidine rings is 1. The Balaban J connectivity index is 1.70. The molecule has 4 rings (SSSR count). The summed E-state index contributed by atoms with van der Waals surface area (Å²) in [6.45, 7) is 9.23. The van der Waals surface area contributed by atoms with Crippen molar-refractivity contribution in [2.75, 3.05) is 20.8 Å². The topological polar surface area (TPSA) is 70.0 Å². The molecule has 1 atom stereocenters. The molecule has 0 bridgehead atoms. The number of ether oxygens (including phenoxy) is 3. The van der Waals surface area contributed by atoms with E-state index >= 15 is 0 Å². The zero-order valence-corrected chi connectivity index (χ0v) is 22.1. The molecule has 3 aromatic rings. The van der Waals surface area contributed by atoms with Crippen molar-refractivity contribution < 1.29 is 23.8 Å². The molecule has 192 valence electrons. The number of hydrogen-bond donors (Lipinski definition) is 0. The van der Waals surface area contributed by atoms with Crippen molar-refractivity contribution >= 4 is 23.0 Å². The highest BCUT2D eigenvalue weighted by Crippen LogP contribution is 2.38. The van der Waals surface area contributed by atoms with Gasteiger partial charge in [-0.25, -0.2) is 9.59 Å². The molecule has 1 fully saturated rings. The Morgan fingerprint density at radius 2 is 1.78 bits per heavy atom. The number of rotatable bonds is 5. The summed E-state index contributed by atoms with van der Waals surface area (Å²) in [4.78, 5) is 27.3. The summed E-state index contributed by atoms with van der Waals surface area (Å²) in [6.07, 6.45) is 4.70. The molecule has 1 aliphatic heterocycles. The average Bonchev–Trinajstić information content (AvgIpc) is 3.31. The minimum Gasteiger partial charge on any atom is -0.496 e. The highest BCUT2D eigenvalue weighted by atomic mass is 16.6. The summed E-state index contributed by atoms with van der Waals surface area (Å²) in [7, 11) is 3.08. The van der Waals surface area contributed by atoms with E-state index < -0.39 is 11.7 Å². The smallest absolute Gasteiger partial charge is 0.419 e. The molecule has 7 heteroatoms. The molecule has 2 heterocycles. The summed E-state index contributed by atoms with van der Waals surface area (Å²) < 4.78 is 17.9. The lowest BCUT2D eigenvalue weighted by molar-refractivity contribution is 0.0542. The summed E-state index contributed by atoms with van der Waals surface area (Å²) in [5.74, 6) is 0.482. The molecule has 0 spiro atoms. The van der Waals surface area contributed by atoms with Gasteiger partial charge in [-0.15, -0.1) is 0 Å². The number of esters is 1. The van der Waals surface area contributed by atoms with E-state index in [9.17, 15) is 9.59 Å². The van der Waals surface area contributed by atoms with Gasteiger partial charge in [-0.1, -0.05) is 18.6 Å². The lowest BCUT2D eigenvalue weighted by Gasteiger charge is -2.36. The second-order valence-electron chi connectivity index (χ2n) is 10.4. The first kappa shape index (κ1) is 25.8. The van der Waals surface area contributed by atoms with Gasteiger partial charge in [-0.3, -0.25) is 9.47 Å². The summed E-state index contributed by atoms with van der Waals surface area (Å²) in [5, 5.41) is 0.989. The van der Waals surface area contributed by atoms with E-state index in [1.165, 1.54) is 12.7 Å². The number of carbonyl (C=O) groups is 2. The predicted octanol–water partition coefficient (Wildman–Crippen LogP) is 6.26. The third kappa shape index (κ3) is 5.26. The Hall–Kier alpha value is -3.32. The molecule has 0 N–H and O–H groups in total. The lowest BCUT2D eigenvalue weighted by Crippen LogP contribution is -2.33. The van der Waals surface area contributed by atoms with E-state index in [0.717, 1.165) is 53.6 Å². The minimum atomic E-state index is -0.582. The van der Waals surface area contributed by atoms with Crippen LogP contribution in [0.4, 0.5) is 4.79 Å². The number of benzene rings is 2. The Labute approximate surface area is 212 Å². The van der Waals surface area contributed by atoms with Gasteiger partial charge in [0.25, 0.3) is 0 Å². The molecule has 1 aromatic heterocycles. The summed E-state index contributed by atoms with van der Waals surface area (Å²) >= 11 is 0. The first-order valence-electron chi connectivity index (χ1n) is 12.5. The molecule has 0 amide bonds. The van der Waals surface area contributed by atoms with Gasteiger partial charge in [0.1, 0.15) is 11.4 Å². The number of likely N-dealkylation sites (tertiary alicyclic amines) is 1. The van der Waals surface area contributed by atoms with Crippen LogP contribution in [-0.4, -0.2) is 47.9 Å². The first-order chi connectivity index (χ1) is 17.1. The van der Waals surface area contributed by atoms with E-state index in [-0.39, 0.29) is 12.0 Å². The van der Waals surface area contributed by atoms with E-state index in [4.69, 9.17) is 14.2 Å². The zero-order chi connectivity index (χ0) is 26.0. The van der Waals surface area contributed by atoms with Gasteiger partial charge in [0.15, 0.2) is 0 Å². The maximum Gasteiger partial charge on any atom is 0.419 e. The van der Waals surface area contributed by atoms with Gasteiger partial charge >= 0.3 is 12.1 Å². The second kappa shape index (κ2) is 10.3. The van der Waals surface area contributed by atoms with Gasteiger partial charge in [-0.05, 0) is 82.5 Å². The molecule has 2 aromatic carbocycles. The molecule has 0 aliphatic carbocycles. The molecule has 1 aliphatic rings. The van der Waals surface area contributed by atoms with Crippen molar-refractivity contribution in [2.45, 2.75) is 65.1 Å². The fraction of sp³-hybridized carbons (Fsp3) is 0.448. The highest BCUT2D eigenvalue weighted by molar-refractivity contribution is 5.95. The molecule has 7 nitrogen and oxygen atoms in total. The van der Waals surface area contributed by atoms with Crippen LogP contribution >= 0.6 is 0 Å². The molecule has 0 radical (unpaired) electrons. The van der Waals surface area contributed by atoms with Crippen LogP contribution in [0, 0.1) is 6.92 Å². The largest absolute Gasteiger partial charge is 0.496 e. The molecule has 1 saturated heterocycles. The maximum atomic E-state index is 12.9. The van der Waals surface area contributed by atoms with E-state index in [2.05, 4.69) is 4.90 Å². The SMILES string of the molecule is COC(=O)c1ccc(C2CCCCN2Cc2c(OC)cc(C)c3c2ccn3C(=O)OC(C)(C)C)cc1. The van der Waals surface area contributed by atoms with Crippen molar-refractivity contribution in [3.05, 3.63) is 64.8 Å². The molecule has 0 saturated carbocycles. The van der Waals surface area contributed by atoms with Crippen LogP contribution in [0.1, 0.15) is 73.1 Å². The van der Waals surface area contributed by atoms with Crippen LogP contribution in [0.15, 0.2) is 42.6 Å². The predicted molar refractivity (Wildman–Crippen MR) is 140 cm³/mol. The van der Waals surface area contributed by atoms with Gasteiger partial charge in [0, 0.05) is 29.7 Å². The Bertz CT molecular complexity index is 1250. The monoisotopic (exact) mass is 492 g/mol. The average molecular weight is 493 g/mol. The fourth-order valence-electron chi connectivity index (χ4n) is 5.09. The molecule has 36 heavy (non-hydrogen) atoms. The Morgan fingerprint density at radius 1 is 1.06 bits per heavy atom. The molecular formula is C29H36N2O5. The van der Waals surface area contributed by atoms with E-state index in [1.54, 1.807) is 17.9 Å². The van der Waals surface area contributed by atoms with Crippen molar-refractivity contribution in [1.29, 1.82) is 0 Å². The Morgan fingerprint density at radius 3 is 2.42 bits per heavy atom. The van der Waals surface area contributed by atoms with Gasteiger partial charge in [0.2, 0.25) is 0 Å². The standard InChI is InChI=1S/C29H36N2O5/c1-19-17-25(34-5)23(22-14-16-31(26(19)22)28(33)36-29(2,3)4)18-30-15-8-7-9-24(30)20-10-12-21(13-11-20)27(32)35-6/h10-14,16-17,24H,7-9,15,18H2,1-6H3. The zero-order valence-electron chi connectivity index (χ0n) is 22.1. The molecule has 1 unspecified atom stereocenters. The number of carbonyl (C=O) groups excluding carboxylic acids is 2. The van der Waals surface area contributed by atoms with Crippen molar-refractivity contribution in [1.82, 2.24) is 9.47 Å². The number of methoxy groups -OCH3 is 2. The lowest BCUT2D eigenvalue weighted by atomic mass is 9.93. The van der Waals surface area contributed by atoms with Crippen LogP contribution in [0.5, 0.6) is 5.75 Å². The normalized spacial score (nSPS) is 16.7. The number of nitrogens with zero attached hydrogens (tertiary/aromatic N) is 2. The maximum absolute atomic E-state index is 12.9. The van der Waals surface area contributed by atoms with Crippen LogP contribution in [0.2, 0.25) is 0 Å². The number of hydrogen-bond acceptors (Lipinski definition) is 6. The quantitative estimate of drug-likeness (QED) is 0.392. The van der Waals surface area contributed by atoms with Gasteiger partial charge in [0.05, 0.1) is 25.3 Å².